The first-order valence-electron chi connectivity index (χ1n) is 6.62. The average Bonchev–Trinajstić information content (AvgIpc) is 3.12. The predicted octanol–water partition coefficient (Wildman–Crippen LogP) is 1.66. The lowest BCUT2D eigenvalue weighted by Gasteiger charge is -2.09. The summed E-state index contributed by atoms with van der Waals surface area (Å²) in [6.07, 6.45) is 3.33. The van der Waals surface area contributed by atoms with Gasteiger partial charge in [-0.15, -0.1) is 0 Å². The third-order valence-corrected chi connectivity index (χ3v) is 3.60. The van der Waals surface area contributed by atoms with E-state index >= 15 is 0 Å². The molecular weight excluding hydrogens is 230 g/mol. The summed E-state index contributed by atoms with van der Waals surface area (Å²) in [5.74, 6) is 0.932. The van der Waals surface area contributed by atoms with E-state index in [1.807, 2.05) is 0 Å². The van der Waals surface area contributed by atoms with Gasteiger partial charge in [0.05, 0.1) is 5.69 Å². The Morgan fingerprint density at radius 3 is 3.00 bits per heavy atom. The Labute approximate surface area is 107 Å². The lowest BCUT2D eigenvalue weighted by molar-refractivity contribution is 0.0913. The van der Waals surface area contributed by atoms with E-state index in [0.29, 0.717) is 18.4 Å². The molecule has 0 spiro atoms. The number of nitrogens with two attached hydrogens (primary N) is 1. The van der Waals surface area contributed by atoms with Crippen LogP contribution in [0.1, 0.15) is 55.3 Å². The van der Waals surface area contributed by atoms with Gasteiger partial charge in [0.25, 0.3) is 5.91 Å². The second kappa shape index (κ2) is 5.52. The SMILES string of the molecule is CCC(C)c1cc(C(=O)NCC(N)C2CC2)on1. The molecule has 1 aromatic heterocycles. The van der Waals surface area contributed by atoms with Crippen molar-refractivity contribution in [2.45, 2.75) is 45.1 Å². The van der Waals surface area contributed by atoms with Crippen LogP contribution in [-0.2, 0) is 0 Å². The third-order valence-electron chi connectivity index (χ3n) is 3.60. The molecule has 5 nitrogen and oxygen atoms in total. The molecule has 2 rings (SSSR count). The van der Waals surface area contributed by atoms with Crippen molar-refractivity contribution in [1.29, 1.82) is 0 Å². The van der Waals surface area contributed by atoms with E-state index in [9.17, 15) is 4.79 Å². The van der Waals surface area contributed by atoms with Crippen LogP contribution in [0.4, 0.5) is 0 Å². The Kier molecular flexibility index (Phi) is 4.01. The quantitative estimate of drug-likeness (QED) is 0.805. The van der Waals surface area contributed by atoms with Crippen LogP contribution in [0, 0.1) is 5.92 Å². The van der Waals surface area contributed by atoms with Crippen LogP contribution in [0.15, 0.2) is 10.6 Å². The van der Waals surface area contributed by atoms with E-state index in [-0.39, 0.29) is 17.7 Å². The highest BCUT2D eigenvalue weighted by Crippen LogP contribution is 2.31. The van der Waals surface area contributed by atoms with Crippen LogP contribution < -0.4 is 11.1 Å². The van der Waals surface area contributed by atoms with Gasteiger partial charge in [-0.2, -0.15) is 0 Å². The van der Waals surface area contributed by atoms with Gasteiger partial charge in [-0.05, 0) is 25.2 Å². The van der Waals surface area contributed by atoms with Crippen LogP contribution >= 0.6 is 0 Å². The maximum Gasteiger partial charge on any atom is 0.289 e. The monoisotopic (exact) mass is 251 g/mol. The molecule has 0 aliphatic heterocycles. The lowest BCUT2D eigenvalue weighted by Crippen LogP contribution is -2.38. The van der Waals surface area contributed by atoms with Crippen LogP contribution in [0.3, 0.4) is 0 Å². The molecule has 1 saturated carbocycles. The largest absolute Gasteiger partial charge is 0.351 e. The Morgan fingerprint density at radius 1 is 1.67 bits per heavy atom. The second-order valence-electron chi connectivity index (χ2n) is 5.14. The van der Waals surface area contributed by atoms with Gasteiger partial charge in [0.1, 0.15) is 0 Å². The molecule has 18 heavy (non-hydrogen) atoms. The second-order valence-corrected chi connectivity index (χ2v) is 5.14. The molecule has 1 fully saturated rings. The van der Waals surface area contributed by atoms with Crippen molar-refractivity contribution in [1.82, 2.24) is 10.5 Å². The smallest absolute Gasteiger partial charge is 0.289 e. The Bertz CT molecular complexity index is 412. The summed E-state index contributed by atoms with van der Waals surface area (Å²) in [4.78, 5) is 11.8. The molecule has 1 aliphatic rings. The molecule has 0 aromatic carbocycles. The third kappa shape index (κ3) is 3.10. The summed E-state index contributed by atoms with van der Waals surface area (Å²) < 4.78 is 5.05. The van der Waals surface area contributed by atoms with Crippen molar-refractivity contribution in [3.63, 3.8) is 0 Å². The van der Waals surface area contributed by atoms with Gasteiger partial charge in [0.15, 0.2) is 0 Å². The van der Waals surface area contributed by atoms with Crippen molar-refractivity contribution in [3.8, 4) is 0 Å². The zero-order valence-corrected chi connectivity index (χ0v) is 11.0. The number of carbonyl (C=O) groups excluding carboxylic acids is 1. The fourth-order valence-corrected chi connectivity index (χ4v) is 1.83. The van der Waals surface area contributed by atoms with Gasteiger partial charge in [0, 0.05) is 24.6 Å². The van der Waals surface area contributed by atoms with Gasteiger partial charge in [-0.3, -0.25) is 4.79 Å². The van der Waals surface area contributed by atoms with Gasteiger partial charge in [0.2, 0.25) is 5.76 Å². The summed E-state index contributed by atoms with van der Waals surface area (Å²) in [5.41, 5.74) is 6.75. The Morgan fingerprint density at radius 2 is 2.39 bits per heavy atom. The molecule has 1 aromatic rings. The van der Waals surface area contributed by atoms with Crippen molar-refractivity contribution in [2.24, 2.45) is 11.7 Å². The first-order chi connectivity index (χ1) is 8.61. The fourth-order valence-electron chi connectivity index (χ4n) is 1.83. The molecule has 0 radical (unpaired) electrons. The van der Waals surface area contributed by atoms with Crippen LogP contribution in [-0.4, -0.2) is 23.7 Å². The molecular formula is C13H21N3O2. The first kappa shape index (κ1) is 13.1. The lowest BCUT2D eigenvalue weighted by atomic mass is 10.1. The average molecular weight is 251 g/mol. The van der Waals surface area contributed by atoms with Gasteiger partial charge >= 0.3 is 0 Å². The highest BCUT2D eigenvalue weighted by molar-refractivity contribution is 5.91. The van der Waals surface area contributed by atoms with Crippen molar-refractivity contribution in [3.05, 3.63) is 17.5 Å². The zero-order valence-electron chi connectivity index (χ0n) is 11.0. The van der Waals surface area contributed by atoms with E-state index in [4.69, 9.17) is 10.3 Å². The number of hydrogen-bond acceptors (Lipinski definition) is 4. The van der Waals surface area contributed by atoms with E-state index in [1.165, 1.54) is 12.8 Å². The molecule has 5 heteroatoms. The van der Waals surface area contributed by atoms with Crippen LogP contribution in [0.5, 0.6) is 0 Å². The van der Waals surface area contributed by atoms with Crippen LogP contribution in [0.25, 0.3) is 0 Å². The van der Waals surface area contributed by atoms with E-state index in [0.717, 1.165) is 12.1 Å². The van der Waals surface area contributed by atoms with Crippen LogP contribution in [0.2, 0.25) is 0 Å². The number of nitrogens with zero attached hydrogens (tertiary/aromatic N) is 1. The molecule has 1 amide bonds. The highest BCUT2D eigenvalue weighted by Gasteiger charge is 2.28. The Balaban J connectivity index is 1.86. The Hall–Kier alpha value is -1.36. The molecule has 0 bridgehead atoms. The van der Waals surface area contributed by atoms with Gasteiger partial charge in [-0.1, -0.05) is 19.0 Å². The number of carbonyl (C=O) groups is 1. The number of nitrogens with one attached hydrogen (secondary N) is 1. The molecule has 100 valence electrons. The topological polar surface area (TPSA) is 81.2 Å². The number of amides is 1. The maximum atomic E-state index is 11.8. The number of hydrogen-bond donors (Lipinski definition) is 2. The predicted molar refractivity (Wildman–Crippen MR) is 68.2 cm³/mol. The van der Waals surface area contributed by atoms with Crippen molar-refractivity contribution in [2.75, 3.05) is 6.54 Å². The van der Waals surface area contributed by atoms with Gasteiger partial charge in [-0.25, -0.2) is 0 Å². The highest BCUT2D eigenvalue weighted by atomic mass is 16.5. The maximum absolute atomic E-state index is 11.8. The first-order valence-corrected chi connectivity index (χ1v) is 6.62. The van der Waals surface area contributed by atoms with Crippen molar-refractivity contribution >= 4 is 5.91 Å². The zero-order chi connectivity index (χ0) is 13.1. The minimum absolute atomic E-state index is 0.0610. The summed E-state index contributed by atoms with van der Waals surface area (Å²) in [7, 11) is 0. The molecule has 0 saturated heterocycles. The minimum Gasteiger partial charge on any atom is -0.351 e. The van der Waals surface area contributed by atoms with Crippen molar-refractivity contribution < 1.29 is 9.32 Å². The summed E-state index contributed by atoms with van der Waals surface area (Å²) in [6, 6.07) is 1.78. The summed E-state index contributed by atoms with van der Waals surface area (Å²) in [5, 5.41) is 6.71. The van der Waals surface area contributed by atoms with E-state index in [2.05, 4.69) is 24.3 Å². The molecule has 2 atom stereocenters. The van der Waals surface area contributed by atoms with Gasteiger partial charge < -0.3 is 15.6 Å². The molecule has 3 N–H and O–H groups in total. The molecule has 2 unspecified atom stereocenters. The fraction of sp³-hybridized carbons (Fsp3) is 0.692. The number of rotatable bonds is 6. The standard InChI is InChI=1S/C13H21N3O2/c1-3-8(2)11-6-12(18-16-11)13(17)15-7-10(14)9-4-5-9/h6,8-10H,3-5,7,14H2,1-2H3,(H,15,17). The normalized spacial score (nSPS) is 18.4. The molecule has 1 heterocycles. The minimum atomic E-state index is -0.229. The molecule has 1 aliphatic carbocycles. The van der Waals surface area contributed by atoms with E-state index in [1.54, 1.807) is 6.07 Å². The van der Waals surface area contributed by atoms with E-state index < -0.39 is 0 Å². The summed E-state index contributed by atoms with van der Waals surface area (Å²) >= 11 is 0. The summed E-state index contributed by atoms with van der Waals surface area (Å²) in [6.45, 7) is 4.64. The number of aromatic nitrogens is 1.